The van der Waals surface area contributed by atoms with Crippen LogP contribution in [0, 0.1) is 0 Å². The van der Waals surface area contributed by atoms with Crippen molar-refractivity contribution in [2.24, 2.45) is 12.0 Å². The minimum atomic E-state index is 0.698. The van der Waals surface area contributed by atoms with Crippen molar-refractivity contribution in [1.82, 2.24) is 25.4 Å². The summed E-state index contributed by atoms with van der Waals surface area (Å²) in [6.45, 7) is 3.71. The van der Waals surface area contributed by atoms with Crippen molar-refractivity contribution < 1.29 is 0 Å². The number of nitrogens with zero attached hydrogens (tertiary/aromatic N) is 3. The number of hydrogen-bond acceptors (Lipinski definition) is 2. The van der Waals surface area contributed by atoms with E-state index in [1.807, 2.05) is 17.8 Å². The molecule has 0 amide bonds. The van der Waals surface area contributed by atoms with Gasteiger partial charge in [-0.2, -0.15) is 5.10 Å². The minimum absolute atomic E-state index is 0.698. The molecule has 2 aromatic heterocycles. The predicted molar refractivity (Wildman–Crippen MR) is 103 cm³/mol. The molecule has 0 aliphatic rings. The molecule has 0 aliphatic carbocycles. The highest BCUT2D eigenvalue weighted by molar-refractivity contribution is 5.86. The fourth-order valence-electron chi connectivity index (χ4n) is 3.06. The number of guanidine groups is 1. The van der Waals surface area contributed by atoms with E-state index in [1.54, 1.807) is 13.2 Å². The SMILES string of the molecule is CCc1cccc2c(CCNC(=NC)NCc3ccnn3C)c[nH]c12. The zero-order valence-electron chi connectivity index (χ0n) is 15.1. The first-order valence-corrected chi connectivity index (χ1v) is 8.72. The number of benzene rings is 1. The van der Waals surface area contributed by atoms with Gasteiger partial charge in [0.15, 0.2) is 5.96 Å². The average molecular weight is 338 g/mol. The van der Waals surface area contributed by atoms with Gasteiger partial charge in [-0.3, -0.25) is 9.67 Å². The van der Waals surface area contributed by atoms with Crippen LogP contribution in [0.25, 0.3) is 10.9 Å². The molecule has 3 rings (SSSR count). The highest BCUT2D eigenvalue weighted by Gasteiger charge is 2.07. The highest BCUT2D eigenvalue weighted by atomic mass is 15.3. The van der Waals surface area contributed by atoms with Gasteiger partial charge in [-0.25, -0.2) is 0 Å². The number of para-hydroxylation sites is 1. The van der Waals surface area contributed by atoms with Crippen LogP contribution in [0.2, 0.25) is 0 Å². The van der Waals surface area contributed by atoms with E-state index in [-0.39, 0.29) is 0 Å². The maximum atomic E-state index is 4.28. The van der Waals surface area contributed by atoms with Gasteiger partial charge in [0.2, 0.25) is 0 Å². The van der Waals surface area contributed by atoms with E-state index in [1.165, 1.54) is 22.0 Å². The molecule has 2 heterocycles. The highest BCUT2D eigenvalue weighted by Crippen LogP contribution is 2.22. The quantitative estimate of drug-likeness (QED) is 0.477. The summed E-state index contributed by atoms with van der Waals surface area (Å²) >= 11 is 0. The minimum Gasteiger partial charge on any atom is -0.361 e. The molecule has 0 aliphatic heterocycles. The molecule has 3 N–H and O–H groups in total. The van der Waals surface area contributed by atoms with Crippen molar-refractivity contribution in [3.63, 3.8) is 0 Å². The Morgan fingerprint density at radius 3 is 2.84 bits per heavy atom. The molecular formula is C19H26N6. The largest absolute Gasteiger partial charge is 0.361 e. The smallest absolute Gasteiger partial charge is 0.191 e. The lowest BCUT2D eigenvalue weighted by Crippen LogP contribution is -2.38. The van der Waals surface area contributed by atoms with Gasteiger partial charge in [0.25, 0.3) is 0 Å². The summed E-state index contributed by atoms with van der Waals surface area (Å²) in [6.07, 6.45) is 5.91. The van der Waals surface area contributed by atoms with Crippen molar-refractivity contribution >= 4 is 16.9 Å². The zero-order chi connectivity index (χ0) is 17.6. The van der Waals surface area contributed by atoms with Gasteiger partial charge < -0.3 is 15.6 Å². The van der Waals surface area contributed by atoms with Crippen molar-refractivity contribution in [3.8, 4) is 0 Å². The van der Waals surface area contributed by atoms with Crippen LogP contribution >= 0.6 is 0 Å². The topological polar surface area (TPSA) is 70.0 Å². The van der Waals surface area contributed by atoms with E-state index in [2.05, 4.69) is 57.0 Å². The molecule has 3 aromatic rings. The number of nitrogens with one attached hydrogen (secondary N) is 3. The van der Waals surface area contributed by atoms with Crippen LogP contribution in [0.15, 0.2) is 41.7 Å². The molecule has 0 bridgehead atoms. The second-order valence-electron chi connectivity index (χ2n) is 6.06. The van der Waals surface area contributed by atoms with Crippen LogP contribution in [0.1, 0.15) is 23.7 Å². The first kappa shape index (κ1) is 17.1. The normalized spacial score (nSPS) is 11.9. The predicted octanol–water partition coefficient (Wildman–Crippen LogP) is 2.37. The molecule has 25 heavy (non-hydrogen) atoms. The summed E-state index contributed by atoms with van der Waals surface area (Å²) in [5.41, 5.74) is 5.08. The summed E-state index contributed by atoms with van der Waals surface area (Å²) in [5, 5.41) is 12.2. The van der Waals surface area contributed by atoms with Crippen LogP contribution < -0.4 is 10.6 Å². The van der Waals surface area contributed by atoms with Gasteiger partial charge in [0.05, 0.1) is 12.2 Å². The number of aryl methyl sites for hydroxylation is 2. The number of hydrogen-bond donors (Lipinski definition) is 3. The molecule has 0 radical (unpaired) electrons. The van der Waals surface area contributed by atoms with Crippen molar-refractivity contribution in [3.05, 3.63) is 53.5 Å². The van der Waals surface area contributed by atoms with E-state index >= 15 is 0 Å². The summed E-state index contributed by atoms with van der Waals surface area (Å²) < 4.78 is 1.86. The second-order valence-corrected chi connectivity index (χ2v) is 6.06. The van der Waals surface area contributed by atoms with Crippen LogP contribution in [-0.2, 0) is 26.4 Å². The van der Waals surface area contributed by atoms with Crippen LogP contribution in [0.5, 0.6) is 0 Å². The molecule has 1 aromatic carbocycles. The van der Waals surface area contributed by atoms with Crippen LogP contribution in [0.4, 0.5) is 0 Å². The summed E-state index contributed by atoms with van der Waals surface area (Å²) in [7, 11) is 3.73. The second kappa shape index (κ2) is 7.88. The Balaban J connectivity index is 1.56. The summed E-state index contributed by atoms with van der Waals surface area (Å²) in [5.74, 6) is 0.801. The van der Waals surface area contributed by atoms with Crippen LogP contribution in [0.3, 0.4) is 0 Å². The first-order chi connectivity index (χ1) is 12.2. The lowest BCUT2D eigenvalue weighted by Gasteiger charge is -2.11. The molecule has 0 atom stereocenters. The van der Waals surface area contributed by atoms with Crippen molar-refractivity contribution in [1.29, 1.82) is 0 Å². The lowest BCUT2D eigenvalue weighted by molar-refractivity contribution is 0.684. The molecule has 0 fully saturated rings. The van der Waals surface area contributed by atoms with E-state index < -0.39 is 0 Å². The monoisotopic (exact) mass is 338 g/mol. The number of H-pyrrole nitrogens is 1. The van der Waals surface area contributed by atoms with Crippen molar-refractivity contribution in [2.75, 3.05) is 13.6 Å². The molecule has 0 saturated heterocycles. The Hall–Kier alpha value is -2.76. The summed E-state index contributed by atoms with van der Waals surface area (Å²) in [6, 6.07) is 8.51. The number of rotatable bonds is 6. The third-order valence-electron chi connectivity index (χ3n) is 4.54. The molecular weight excluding hydrogens is 312 g/mol. The fourth-order valence-corrected chi connectivity index (χ4v) is 3.06. The third-order valence-corrected chi connectivity index (χ3v) is 4.54. The standard InChI is InChI=1S/C19H26N6/c1-4-14-6-5-7-17-15(12-22-18(14)17)8-10-21-19(20-2)23-13-16-9-11-24-25(16)3/h5-7,9,11-12,22H,4,8,10,13H2,1-3H3,(H2,20,21,23). The number of aromatic amines is 1. The Bertz CT molecular complexity index is 858. The van der Waals surface area contributed by atoms with E-state index in [4.69, 9.17) is 0 Å². The molecule has 0 spiro atoms. The van der Waals surface area contributed by atoms with Gasteiger partial charge in [0, 0.05) is 43.9 Å². The first-order valence-electron chi connectivity index (χ1n) is 8.72. The maximum absolute atomic E-state index is 4.28. The average Bonchev–Trinajstić information content (AvgIpc) is 3.24. The van der Waals surface area contributed by atoms with Crippen molar-refractivity contribution in [2.45, 2.75) is 26.3 Å². The maximum Gasteiger partial charge on any atom is 0.191 e. The zero-order valence-corrected chi connectivity index (χ0v) is 15.1. The van der Waals surface area contributed by atoms with Gasteiger partial charge >= 0.3 is 0 Å². The number of fused-ring (bicyclic) bond motifs is 1. The molecule has 0 saturated carbocycles. The number of aliphatic imine (C=N–C) groups is 1. The Morgan fingerprint density at radius 2 is 2.12 bits per heavy atom. The Kier molecular flexibility index (Phi) is 5.38. The van der Waals surface area contributed by atoms with Gasteiger partial charge in [0.1, 0.15) is 0 Å². The van der Waals surface area contributed by atoms with Crippen LogP contribution in [-0.4, -0.2) is 34.3 Å². The summed E-state index contributed by atoms with van der Waals surface area (Å²) in [4.78, 5) is 7.71. The van der Waals surface area contributed by atoms with Gasteiger partial charge in [-0.15, -0.1) is 0 Å². The molecule has 6 heteroatoms. The van der Waals surface area contributed by atoms with E-state index in [9.17, 15) is 0 Å². The fraction of sp³-hybridized carbons (Fsp3) is 0.368. The molecule has 6 nitrogen and oxygen atoms in total. The van der Waals surface area contributed by atoms with E-state index in [0.717, 1.165) is 31.0 Å². The van der Waals surface area contributed by atoms with E-state index in [0.29, 0.717) is 6.54 Å². The molecule has 0 unspecified atom stereocenters. The third kappa shape index (κ3) is 3.84. The number of aromatic nitrogens is 3. The van der Waals surface area contributed by atoms with Gasteiger partial charge in [-0.1, -0.05) is 25.1 Å². The van der Waals surface area contributed by atoms with Gasteiger partial charge in [-0.05, 0) is 30.0 Å². The Labute approximate surface area is 148 Å². The lowest BCUT2D eigenvalue weighted by atomic mass is 10.1. The Morgan fingerprint density at radius 1 is 1.24 bits per heavy atom. The molecule has 132 valence electrons.